The van der Waals surface area contributed by atoms with Gasteiger partial charge in [-0.15, -0.1) is 11.3 Å². The van der Waals surface area contributed by atoms with Gasteiger partial charge in [-0.3, -0.25) is 4.79 Å². The van der Waals surface area contributed by atoms with Gasteiger partial charge in [0.05, 0.1) is 38.1 Å². The van der Waals surface area contributed by atoms with Crippen molar-refractivity contribution in [1.29, 1.82) is 0 Å². The second-order valence-corrected chi connectivity index (χ2v) is 12.4. The van der Waals surface area contributed by atoms with E-state index in [4.69, 9.17) is 9.72 Å². The Hall–Kier alpha value is -1.87. The molecule has 2 aromatic rings. The molecule has 1 amide bonds. The molecule has 2 heterocycles. The van der Waals surface area contributed by atoms with Crippen molar-refractivity contribution in [2.75, 3.05) is 39.4 Å². The zero-order valence-electron chi connectivity index (χ0n) is 21.6. The van der Waals surface area contributed by atoms with Gasteiger partial charge < -0.3 is 20.1 Å². The predicted molar refractivity (Wildman–Crippen MR) is 139 cm³/mol. The van der Waals surface area contributed by atoms with Crippen LogP contribution in [0.25, 0.3) is 10.6 Å². The second-order valence-electron chi connectivity index (χ2n) is 11.4. The summed E-state index contributed by atoms with van der Waals surface area (Å²) in [7, 11) is 0. The van der Waals surface area contributed by atoms with Crippen molar-refractivity contribution in [2.45, 2.75) is 52.1 Å². The first kappa shape index (κ1) is 25.8. The molecule has 2 fully saturated rings. The van der Waals surface area contributed by atoms with Crippen LogP contribution >= 0.6 is 11.3 Å². The number of thiazole rings is 1. The number of fused-ring (bicyclic) bond motifs is 2. The minimum Gasteiger partial charge on any atom is -0.392 e. The summed E-state index contributed by atoms with van der Waals surface area (Å²) in [6.45, 7) is 11.6. The number of hydrogen-bond donors (Lipinski definition) is 3. The fourth-order valence-corrected chi connectivity index (χ4v) is 8.26. The Kier molecular flexibility index (Phi) is 7.50. The average Bonchev–Trinajstić information content (AvgIpc) is 3.28. The highest BCUT2D eigenvalue weighted by molar-refractivity contribution is 7.15. The number of nitrogens with one attached hydrogen (secondary N) is 2. The number of halogens is 1. The van der Waals surface area contributed by atoms with Gasteiger partial charge in [-0.2, -0.15) is 0 Å². The van der Waals surface area contributed by atoms with Gasteiger partial charge in [-0.25, -0.2) is 9.37 Å². The molecule has 2 aliphatic carbocycles. The molecule has 6 nitrogen and oxygen atoms in total. The number of hydrogen-bond acceptors (Lipinski definition) is 5. The number of ether oxygens (including phenoxy) is 1. The molecule has 1 aliphatic heterocycles. The van der Waals surface area contributed by atoms with Gasteiger partial charge in [0.15, 0.2) is 0 Å². The summed E-state index contributed by atoms with van der Waals surface area (Å²) in [5.74, 6) is -0.337. The maximum atomic E-state index is 13.4. The third-order valence-corrected chi connectivity index (χ3v) is 10.2. The van der Waals surface area contributed by atoms with Gasteiger partial charge in [-0.05, 0) is 60.8 Å². The van der Waals surface area contributed by atoms with E-state index in [1.807, 2.05) is 6.92 Å². The molecule has 3 N–H and O–H groups in total. The maximum Gasteiger partial charge on any atom is 0.223 e. The van der Waals surface area contributed by atoms with Crippen LogP contribution in [-0.2, 0) is 16.0 Å². The van der Waals surface area contributed by atoms with Gasteiger partial charge in [0, 0.05) is 22.3 Å². The third-order valence-electron chi connectivity index (χ3n) is 9.05. The Morgan fingerprint density at radius 3 is 2.78 bits per heavy atom. The summed E-state index contributed by atoms with van der Waals surface area (Å²) in [5, 5.41) is 15.7. The van der Waals surface area contributed by atoms with Crippen molar-refractivity contribution < 1.29 is 23.9 Å². The predicted octanol–water partition coefficient (Wildman–Crippen LogP) is 2.67. The van der Waals surface area contributed by atoms with Crippen LogP contribution in [0.15, 0.2) is 24.3 Å². The largest absolute Gasteiger partial charge is 0.392 e. The monoisotopic (exact) mass is 516 g/mol. The van der Waals surface area contributed by atoms with Crippen LogP contribution in [0.2, 0.25) is 0 Å². The van der Waals surface area contributed by atoms with Crippen molar-refractivity contribution in [1.82, 2.24) is 10.3 Å². The van der Waals surface area contributed by atoms with Crippen LogP contribution in [0.4, 0.5) is 4.39 Å². The van der Waals surface area contributed by atoms with E-state index in [1.54, 1.807) is 23.5 Å². The molecule has 0 spiro atoms. The Morgan fingerprint density at radius 2 is 2.06 bits per heavy atom. The molecule has 1 aromatic carbocycles. The van der Waals surface area contributed by atoms with E-state index in [0.717, 1.165) is 68.4 Å². The number of benzene rings is 1. The fourth-order valence-electron chi connectivity index (χ4n) is 6.89. The SMILES string of the molecule is C[C@H](C(=O)NCC[NH+]1CCOCC1)[C@@H]1CC[C@@]2(C)Cc3sc(-c4ccc(F)cc4)nc3[C@@H](C)[C@@H]2[C@H]1O. The number of carbonyl (C=O) groups excluding carboxylic acids is 1. The summed E-state index contributed by atoms with van der Waals surface area (Å²) in [6.07, 6.45) is 2.18. The molecule has 36 heavy (non-hydrogen) atoms. The highest BCUT2D eigenvalue weighted by Gasteiger charge is 2.53. The van der Waals surface area contributed by atoms with E-state index in [2.05, 4.69) is 19.2 Å². The Bertz CT molecular complexity index is 1070. The lowest BCUT2D eigenvalue weighted by atomic mass is 9.53. The summed E-state index contributed by atoms with van der Waals surface area (Å²) < 4.78 is 18.8. The van der Waals surface area contributed by atoms with Crippen LogP contribution in [-0.4, -0.2) is 61.5 Å². The summed E-state index contributed by atoms with van der Waals surface area (Å²) in [4.78, 5) is 20.8. The molecule has 0 radical (unpaired) electrons. The van der Waals surface area contributed by atoms with E-state index in [-0.39, 0.29) is 40.8 Å². The van der Waals surface area contributed by atoms with Crippen LogP contribution < -0.4 is 10.2 Å². The van der Waals surface area contributed by atoms with Crippen molar-refractivity contribution in [3.05, 3.63) is 40.7 Å². The molecule has 196 valence electrons. The minimum absolute atomic E-state index is 0.0230. The van der Waals surface area contributed by atoms with Crippen LogP contribution in [0.1, 0.15) is 50.1 Å². The van der Waals surface area contributed by atoms with Gasteiger partial charge >= 0.3 is 0 Å². The molecular weight excluding hydrogens is 477 g/mol. The summed E-state index contributed by atoms with van der Waals surface area (Å²) >= 11 is 1.70. The van der Waals surface area contributed by atoms with E-state index < -0.39 is 6.10 Å². The standard InChI is InChI=1S/C28H38FN3O3S/c1-17(26(34)30-10-11-32-12-14-35-15-13-32)21-8-9-28(3)16-22-24(18(2)23(28)25(21)33)31-27(36-22)19-4-6-20(29)7-5-19/h4-7,17-18,21,23,25,33H,8-16H2,1-3H3,(H,30,34)/p+1/t17-,18-,21-,23+,25-,28-/m0/s1. The van der Waals surface area contributed by atoms with E-state index in [0.29, 0.717) is 6.54 Å². The normalized spacial score (nSPS) is 31.4. The zero-order chi connectivity index (χ0) is 25.4. The molecule has 3 aliphatic rings. The highest BCUT2D eigenvalue weighted by atomic mass is 32.1. The molecule has 1 saturated heterocycles. The lowest BCUT2D eigenvalue weighted by Gasteiger charge is -2.53. The van der Waals surface area contributed by atoms with Crippen molar-refractivity contribution in [3.63, 3.8) is 0 Å². The Balaban J connectivity index is 1.27. The average molecular weight is 517 g/mol. The van der Waals surface area contributed by atoms with Crippen molar-refractivity contribution in [2.24, 2.45) is 23.2 Å². The first-order chi connectivity index (χ1) is 17.3. The van der Waals surface area contributed by atoms with Gasteiger partial charge in [0.1, 0.15) is 23.9 Å². The summed E-state index contributed by atoms with van der Waals surface area (Å²) in [5.41, 5.74) is 1.97. The van der Waals surface area contributed by atoms with Crippen LogP contribution in [0.5, 0.6) is 0 Å². The number of rotatable bonds is 6. The molecule has 0 unspecified atom stereocenters. The van der Waals surface area contributed by atoms with Gasteiger partial charge in [-0.1, -0.05) is 20.8 Å². The number of quaternary nitrogens is 1. The number of amides is 1. The molecule has 0 bridgehead atoms. The maximum absolute atomic E-state index is 13.4. The quantitative estimate of drug-likeness (QED) is 0.552. The molecular formula is C28H39FN3O3S+. The smallest absolute Gasteiger partial charge is 0.223 e. The molecule has 1 aromatic heterocycles. The third kappa shape index (κ3) is 4.97. The number of carbonyl (C=O) groups is 1. The van der Waals surface area contributed by atoms with Gasteiger partial charge in [0.25, 0.3) is 0 Å². The second kappa shape index (κ2) is 10.5. The molecule has 5 rings (SSSR count). The first-order valence-electron chi connectivity index (χ1n) is 13.4. The molecule has 8 heteroatoms. The van der Waals surface area contributed by atoms with Crippen LogP contribution in [0.3, 0.4) is 0 Å². The van der Waals surface area contributed by atoms with Crippen LogP contribution in [0, 0.1) is 29.0 Å². The molecule has 1 saturated carbocycles. The Morgan fingerprint density at radius 1 is 1.33 bits per heavy atom. The lowest BCUT2D eigenvalue weighted by molar-refractivity contribution is -0.906. The zero-order valence-corrected chi connectivity index (χ0v) is 22.4. The number of aliphatic hydroxyl groups is 1. The number of aliphatic hydroxyl groups excluding tert-OH is 1. The highest BCUT2D eigenvalue weighted by Crippen LogP contribution is 2.57. The van der Waals surface area contributed by atoms with E-state index in [1.165, 1.54) is 21.9 Å². The fraction of sp³-hybridized carbons (Fsp3) is 0.643. The number of aromatic nitrogens is 1. The Labute approximate surface area is 217 Å². The van der Waals surface area contributed by atoms with Crippen molar-refractivity contribution in [3.8, 4) is 10.6 Å². The van der Waals surface area contributed by atoms with Crippen molar-refractivity contribution >= 4 is 17.2 Å². The number of nitrogens with zero attached hydrogens (tertiary/aromatic N) is 1. The van der Waals surface area contributed by atoms with E-state index >= 15 is 0 Å². The summed E-state index contributed by atoms with van der Waals surface area (Å²) in [6, 6.07) is 6.52. The topological polar surface area (TPSA) is 75.9 Å². The minimum atomic E-state index is -0.548. The van der Waals surface area contributed by atoms with E-state index in [9.17, 15) is 14.3 Å². The molecule has 6 atom stereocenters. The van der Waals surface area contributed by atoms with Gasteiger partial charge in [0.2, 0.25) is 5.91 Å². The first-order valence-corrected chi connectivity index (χ1v) is 14.2. The lowest BCUT2D eigenvalue weighted by Crippen LogP contribution is -3.14. The number of morpholine rings is 1.